The zero-order valence-electron chi connectivity index (χ0n) is 5.61. The highest BCUT2D eigenvalue weighted by Crippen LogP contribution is 2.29. The standard InChI is InChI=1S/H4O9P2S2/c1-11(8-12(2,3)4)9-13(5,6)7-10/h11H,10H2,(H,2,3,4). The molecule has 0 aromatic rings. The molecule has 2 atom stereocenters. The molecule has 9 nitrogen and oxygen atoms in total. The van der Waals surface area contributed by atoms with Gasteiger partial charge in [-0.3, -0.25) is 9.12 Å². The van der Waals surface area contributed by atoms with E-state index in [2.05, 4.69) is 11.9 Å². The van der Waals surface area contributed by atoms with Crippen LogP contribution in [0.5, 0.6) is 0 Å². The highest BCUT2D eigenvalue weighted by atomic mass is 32.3. The molecule has 1 N–H and O–H groups in total. The summed E-state index contributed by atoms with van der Waals surface area (Å²) in [6.45, 7) is 0. The Hall–Kier alpha value is 0.400. The van der Waals surface area contributed by atoms with E-state index in [0.29, 0.717) is 0 Å². The van der Waals surface area contributed by atoms with Gasteiger partial charge in [0.2, 0.25) is 0 Å². The molecule has 0 aromatic carbocycles. The zero-order chi connectivity index (χ0) is 10.7. The Morgan fingerprint density at radius 1 is 1.15 bits per heavy atom. The van der Waals surface area contributed by atoms with Crippen LogP contribution < -0.4 is 0 Å². The predicted molar refractivity (Wildman–Crippen MR) is 42.4 cm³/mol. The molecule has 0 fully saturated rings. The van der Waals surface area contributed by atoms with Gasteiger partial charge in [-0.1, -0.05) is 0 Å². The Balaban J connectivity index is 4.36. The van der Waals surface area contributed by atoms with E-state index in [1.54, 1.807) is 0 Å². The van der Waals surface area contributed by atoms with E-state index in [-0.39, 0.29) is 0 Å². The van der Waals surface area contributed by atoms with E-state index in [0.717, 1.165) is 0 Å². The van der Waals surface area contributed by atoms with E-state index in [4.69, 9.17) is 4.55 Å². The van der Waals surface area contributed by atoms with Gasteiger partial charge in [0.15, 0.2) is 0 Å². The van der Waals surface area contributed by atoms with E-state index >= 15 is 0 Å². The molecule has 0 saturated heterocycles. The van der Waals surface area contributed by atoms with Gasteiger partial charge < -0.3 is 0 Å². The van der Waals surface area contributed by atoms with Crippen molar-refractivity contribution < 1.29 is 37.9 Å². The van der Waals surface area contributed by atoms with E-state index in [1.165, 1.54) is 9.47 Å². The minimum atomic E-state index is -5.02. The van der Waals surface area contributed by atoms with Gasteiger partial charge in [0.1, 0.15) is 0 Å². The van der Waals surface area contributed by atoms with Crippen LogP contribution in [-0.2, 0) is 37.3 Å². The van der Waals surface area contributed by atoms with Gasteiger partial charge in [0.25, 0.3) is 0 Å². The minimum Gasteiger partial charge on any atom is -0.263 e. The largest absolute Gasteiger partial charge is 0.409 e. The van der Waals surface area contributed by atoms with Gasteiger partial charge in [0, 0.05) is 9.47 Å². The zero-order valence-corrected chi connectivity index (χ0v) is 9.39. The van der Waals surface area contributed by atoms with Crippen LogP contribution in [0.25, 0.3) is 0 Å². The summed E-state index contributed by atoms with van der Waals surface area (Å²) in [4.78, 5) is 0. The molecule has 0 radical (unpaired) electrons. The topological polar surface area (TPSA) is 133 Å². The van der Waals surface area contributed by atoms with Crippen molar-refractivity contribution in [1.82, 2.24) is 0 Å². The average molecular weight is 274 g/mol. The summed E-state index contributed by atoms with van der Waals surface area (Å²) in [5.41, 5.74) is 0. The summed E-state index contributed by atoms with van der Waals surface area (Å²) in [5, 5.41) is 0. The minimum absolute atomic E-state index is 1.26. The second-order valence-electron chi connectivity index (χ2n) is 1.35. The first-order valence-corrected chi connectivity index (χ1v) is 6.59. The van der Waals surface area contributed by atoms with Crippen LogP contribution in [-0.4, -0.2) is 21.4 Å². The van der Waals surface area contributed by atoms with Crippen LogP contribution in [0.4, 0.5) is 0 Å². The third kappa shape index (κ3) is 7.47. The molecular formula is H4O9P2S2. The van der Waals surface area contributed by atoms with Crippen molar-refractivity contribution in [2.75, 3.05) is 0 Å². The van der Waals surface area contributed by atoms with Crippen LogP contribution in [0.1, 0.15) is 0 Å². The molecule has 0 aliphatic carbocycles. The van der Waals surface area contributed by atoms with Crippen LogP contribution in [0.15, 0.2) is 0 Å². The Morgan fingerprint density at radius 2 is 1.62 bits per heavy atom. The molecular weight excluding hydrogens is 270 g/mol. The molecule has 0 saturated carbocycles. The summed E-state index contributed by atoms with van der Waals surface area (Å²) in [6, 6.07) is 0. The lowest BCUT2D eigenvalue weighted by Crippen LogP contribution is -2.03. The van der Waals surface area contributed by atoms with Crippen molar-refractivity contribution in [2.45, 2.75) is 0 Å². The first-order valence-electron chi connectivity index (χ1n) is 2.20. The molecule has 0 aromatic heterocycles. The lowest BCUT2D eigenvalue weighted by molar-refractivity contribution is 0.347. The van der Waals surface area contributed by atoms with Gasteiger partial charge in [-0.15, -0.1) is 0 Å². The van der Waals surface area contributed by atoms with Crippen LogP contribution in [0.2, 0.25) is 0 Å². The molecule has 0 aliphatic heterocycles. The first kappa shape index (κ1) is 13.4. The molecule has 80 valence electrons. The van der Waals surface area contributed by atoms with Gasteiger partial charge in [-0.2, -0.15) is 24.8 Å². The van der Waals surface area contributed by atoms with Crippen LogP contribution in [0.3, 0.4) is 0 Å². The second kappa shape index (κ2) is 4.76. The van der Waals surface area contributed by atoms with Gasteiger partial charge in [-0.25, -0.2) is 3.97 Å². The van der Waals surface area contributed by atoms with Crippen molar-refractivity contribution in [2.24, 2.45) is 0 Å². The molecule has 0 amide bonds. The second-order valence-corrected chi connectivity index (χ2v) is 5.62. The van der Waals surface area contributed by atoms with Crippen LogP contribution >= 0.6 is 17.7 Å². The molecule has 0 heterocycles. The van der Waals surface area contributed by atoms with Crippen molar-refractivity contribution in [1.29, 1.82) is 0 Å². The van der Waals surface area contributed by atoms with Crippen molar-refractivity contribution in [3.8, 4) is 0 Å². The Kier molecular flexibility index (Phi) is 4.91. The van der Waals surface area contributed by atoms with E-state index in [1.807, 2.05) is 0 Å². The third-order valence-electron chi connectivity index (χ3n) is 0.461. The van der Waals surface area contributed by atoms with Gasteiger partial charge >= 0.3 is 29.1 Å². The molecule has 0 bridgehead atoms. The monoisotopic (exact) mass is 274 g/mol. The van der Waals surface area contributed by atoms with Gasteiger partial charge in [0.05, 0.1) is 0 Å². The molecule has 2 unspecified atom stereocenters. The maximum atomic E-state index is 10.4. The molecule has 13 heavy (non-hydrogen) atoms. The Labute approximate surface area is 76.9 Å². The molecule has 0 spiro atoms. The summed E-state index contributed by atoms with van der Waals surface area (Å²) in [7, 11) is -12.3. The fraction of sp³-hybridized carbons (Fsp3) is 0. The average Bonchev–Trinajstić information content (AvgIpc) is 1.81. The van der Waals surface area contributed by atoms with Crippen molar-refractivity contribution in [3.63, 3.8) is 0 Å². The third-order valence-corrected chi connectivity index (χ3v) is 4.15. The Morgan fingerprint density at radius 3 is 1.92 bits per heavy atom. The maximum absolute atomic E-state index is 10.4. The van der Waals surface area contributed by atoms with Crippen molar-refractivity contribution >= 4 is 38.5 Å². The summed E-state index contributed by atoms with van der Waals surface area (Å²) >= 11 is 0. The maximum Gasteiger partial charge on any atom is 0.409 e. The lowest BCUT2D eigenvalue weighted by atomic mass is 15.7. The summed E-state index contributed by atoms with van der Waals surface area (Å²) in [6.07, 6.45) is 0. The normalized spacial score (nSPS) is 15.5. The highest BCUT2D eigenvalue weighted by Gasteiger charge is 2.19. The first-order chi connectivity index (χ1) is 5.66. The molecule has 0 aliphatic rings. The van der Waals surface area contributed by atoms with Crippen molar-refractivity contribution in [3.05, 3.63) is 0 Å². The number of hydrogen-bond donors (Lipinski definition) is 1. The predicted octanol–water partition coefficient (Wildman–Crippen LogP) is -0.736. The van der Waals surface area contributed by atoms with Gasteiger partial charge in [-0.05, 0) is 0 Å². The SMILES string of the molecule is O=[PH](OS(=O)(=O)O)OS(=O)(=O)OP. The quantitative estimate of drug-likeness (QED) is 0.508. The number of rotatable bonds is 5. The molecule has 13 heteroatoms. The van der Waals surface area contributed by atoms with E-state index < -0.39 is 29.1 Å². The smallest absolute Gasteiger partial charge is 0.263 e. The Bertz CT molecular complexity index is 372. The summed E-state index contributed by atoms with van der Waals surface area (Å²) < 4.78 is 68.9. The fourth-order valence-corrected chi connectivity index (χ4v) is 2.43. The number of hydrogen-bond acceptors (Lipinski definition) is 8. The highest BCUT2D eigenvalue weighted by molar-refractivity contribution is 7.89. The lowest BCUT2D eigenvalue weighted by Gasteiger charge is -2.00. The molecule has 0 rings (SSSR count). The van der Waals surface area contributed by atoms with Crippen LogP contribution in [0, 0.1) is 0 Å². The van der Waals surface area contributed by atoms with E-state index in [9.17, 15) is 21.4 Å². The summed E-state index contributed by atoms with van der Waals surface area (Å²) in [5.74, 6) is 0. The fourth-order valence-electron chi connectivity index (χ4n) is 0.203.